The standard InChI is InChI=1S/C20H18F2N2O4S/c21-11-15-2-1-9-24(15)29(27,28)16-7-8-18-17(10-16)19(25)20(26)23(18)12-13-3-5-14(22)6-4-13/h3-8,10,15H,1-2,9,11-12H2/t15-/m0/s1. The zero-order valence-corrected chi connectivity index (χ0v) is 16.2. The fourth-order valence-corrected chi connectivity index (χ4v) is 5.49. The van der Waals surface area contributed by atoms with Gasteiger partial charge in [0.1, 0.15) is 12.5 Å². The smallest absolute Gasteiger partial charge is 0.299 e. The van der Waals surface area contributed by atoms with E-state index in [0.29, 0.717) is 24.1 Å². The molecule has 0 aliphatic carbocycles. The van der Waals surface area contributed by atoms with Gasteiger partial charge in [0.2, 0.25) is 10.0 Å². The summed E-state index contributed by atoms with van der Waals surface area (Å²) in [5, 5.41) is 0. The summed E-state index contributed by atoms with van der Waals surface area (Å²) in [5.41, 5.74) is 0.917. The second-order valence-corrected chi connectivity index (χ2v) is 8.98. The Hall–Kier alpha value is -2.65. The van der Waals surface area contributed by atoms with Crippen LogP contribution in [0.25, 0.3) is 0 Å². The van der Waals surface area contributed by atoms with Crippen molar-refractivity contribution < 1.29 is 26.8 Å². The first kappa shape index (κ1) is 19.7. The molecule has 152 valence electrons. The minimum Gasteiger partial charge on any atom is -0.300 e. The molecule has 0 unspecified atom stereocenters. The number of alkyl halides is 1. The van der Waals surface area contributed by atoms with Crippen LogP contribution in [0, 0.1) is 5.82 Å². The van der Waals surface area contributed by atoms with Gasteiger partial charge >= 0.3 is 0 Å². The maximum absolute atomic E-state index is 13.2. The first-order valence-corrected chi connectivity index (χ1v) is 10.6. The second-order valence-electron chi connectivity index (χ2n) is 7.09. The molecule has 2 heterocycles. The van der Waals surface area contributed by atoms with Crippen molar-refractivity contribution in [3.8, 4) is 0 Å². The van der Waals surface area contributed by atoms with Gasteiger partial charge in [-0.3, -0.25) is 9.59 Å². The summed E-state index contributed by atoms with van der Waals surface area (Å²) in [7, 11) is -3.97. The van der Waals surface area contributed by atoms with Gasteiger partial charge in [-0.05, 0) is 48.7 Å². The Kier molecular flexibility index (Phi) is 4.95. The van der Waals surface area contributed by atoms with Crippen molar-refractivity contribution in [3.05, 3.63) is 59.4 Å². The Bertz CT molecular complexity index is 1090. The highest BCUT2D eigenvalue weighted by atomic mass is 32.2. The van der Waals surface area contributed by atoms with Crippen molar-refractivity contribution in [1.82, 2.24) is 4.31 Å². The predicted molar refractivity (Wildman–Crippen MR) is 101 cm³/mol. The van der Waals surface area contributed by atoms with E-state index in [1.165, 1.54) is 47.4 Å². The van der Waals surface area contributed by atoms with Crippen LogP contribution in [-0.2, 0) is 21.4 Å². The number of anilines is 1. The lowest BCUT2D eigenvalue weighted by Crippen LogP contribution is -2.36. The molecule has 1 atom stereocenters. The van der Waals surface area contributed by atoms with Crippen LogP contribution < -0.4 is 4.90 Å². The van der Waals surface area contributed by atoms with Gasteiger partial charge in [0.15, 0.2) is 0 Å². The van der Waals surface area contributed by atoms with E-state index in [2.05, 4.69) is 0 Å². The van der Waals surface area contributed by atoms with Gasteiger partial charge < -0.3 is 4.90 Å². The molecule has 2 aromatic carbocycles. The van der Waals surface area contributed by atoms with E-state index in [9.17, 15) is 26.8 Å². The zero-order valence-electron chi connectivity index (χ0n) is 15.3. The van der Waals surface area contributed by atoms with E-state index in [-0.39, 0.29) is 23.5 Å². The third kappa shape index (κ3) is 3.34. The second kappa shape index (κ2) is 7.31. The van der Waals surface area contributed by atoms with E-state index < -0.39 is 40.2 Å². The number of benzene rings is 2. The van der Waals surface area contributed by atoms with Crippen LogP contribution in [0.1, 0.15) is 28.8 Å². The molecule has 2 aliphatic rings. The molecule has 1 fully saturated rings. The molecule has 0 saturated carbocycles. The molecular formula is C20H18F2N2O4S. The van der Waals surface area contributed by atoms with Crippen LogP contribution in [0.2, 0.25) is 0 Å². The molecule has 0 aromatic heterocycles. The van der Waals surface area contributed by atoms with Gasteiger partial charge in [-0.2, -0.15) is 4.31 Å². The summed E-state index contributed by atoms with van der Waals surface area (Å²) in [6.45, 7) is -0.495. The van der Waals surface area contributed by atoms with E-state index in [4.69, 9.17) is 0 Å². The predicted octanol–water partition coefficient (Wildman–Crippen LogP) is 2.68. The van der Waals surface area contributed by atoms with Gasteiger partial charge in [-0.1, -0.05) is 12.1 Å². The maximum atomic E-state index is 13.2. The van der Waals surface area contributed by atoms with Crippen LogP contribution in [0.3, 0.4) is 0 Å². The Morgan fingerprint density at radius 2 is 1.79 bits per heavy atom. The topological polar surface area (TPSA) is 74.8 Å². The van der Waals surface area contributed by atoms with Crippen molar-refractivity contribution in [3.63, 3.8) is 0 Å². The first-order chi connectivity index (χ1) is 13.8. The molecule has 0 bridgehead atoms. The number of fused-ring (bicyclic) bond motifs is 1. The van der Waals surface area contributed by atoms with Crippen molar-refractivity contribution in [2.45, 2.75) is 30.3 Å². The van der Waals surface area contributed by atoms with Crippen LogP contribution in [0.4, 0.5) is 14.5 Å². The fourth-order valence-electron chi connectivity index (χ4n) is 3.78. The van der Waals surface area contributed by atoms with Gasteiger partial charge in [0, 0.05) is 6.54 Å². The normalized spacial score (nSPS) is 19.8. The molecule has 0 radical (unpaired) electrons. The van der Waals surface area contributed by atoms with Crippen molar-refractivity contribution in [1.29, 1.82) is 0 Å². The number of hydrogen-bond donors (Lipinski definition) is 0. The number of carbonyl (C=O) groups is 2. The highest BCUT2D eigenvalue weighted by molar-refractivity contribution is 7.89. The van der Waals surface area contributed by atoms with Crippen molar-refractivity contribution in [2.75, 3.05) is 18.1 Å². The van der Waals surface area contributed by atoms with Gasteiger partial charge in [0.25, 0.3) is 11.7 Å². The number of Topliss-reactive ketones (excluding diaryl/α,β-unsaturated/α-hetero) is 1. The van der Waals surface area contributed by atoms with Crippen molar-refractivity contribution >= 4 is 27.4 Å². The maximum Gasteiger partial charge on any atom is 0.299 e. The third-order valence-corrected chi connectivity index (χ3v) is 7.25. The Morgan fingerprint density at radius 3 is 2.48 bits per heavy atom. The van der Waals surface area contributed by atoms with Crippen LogP contribution >= 0.6 is 0 Å². The van der Waals surface area contributed by atoms with Gasteiger partial charge in [0.05, 0.1) is 28.7 Å². The van der Waals surface area contributed by atoms with Gasteiger partial charge in [-0.15, -0.1) is 0 Å². The number of nitrogens with zero attached hydrogens (tertiary/aromatic N) is 2. The lowest BCUT2D eigenvalue weighted by atomic mass is 10.1. The van der Waals surface area contributed by atoms with Crippen LogP contribution in [0.15, 0.2) is 47.4 Å². The quantitative estimate of drug-likeness (QED) is 0.697. The van der Waals surface area contributed by atoms with E-state index in [1.54, 1.807) is 0 Å². The van der Waals surface area contributed by atoms with Crippen molar-refractivity contribution in [2.24, 2.45) is 0 Å². The molecule has 4 rings (SSSR count). The average molecular weight is 420 g/mol. The summed E-state index contributed by atoms with van der Waals surface area (Å²) in [6.07, 6.45) is 1.02. The Morgan fingerprint density at radius 1 is 1.07 bits per heavy atom. The summed E-state index contributed by atoms with van der Waals surface area (Å²) in [5.74, 6) is -1.99. The highest BCUT2D eigenvalue weighted by Crippen LogP contribution is 2.34. The van der Waals surface area contributed by atoms with E-state index >= 15 is 0 Å². The third-order valence-electron chi connectivity index (χ3n) is 5.30. The van der Waals surface area contributed by atoms with Crippen LogP contribution in [-0.4, -0.2) is 43.7 Å². The molecule has 6 nitrogen and oxygen atoms in total. The van der Waals surface area contributed by atoms with Crippen LogP contribution in [0.5, 0.6) is 0 Å². The lowest BCUT2D eigenvalue weighted by molar-refractivity contribution is -0.114. The van der Waals surface area contributed by atoms with Gasteiger partial charge in [-0.25, -0.2) is 17.2 Å². The summed E-state index contributed by atoms with van der Waals surface area (Å²) in [4.78, 5) is 26.0. The molecule has 2 aromatic rings. The SMILES string of the molecule is O=C1C(=O)N(Cc2ccc(F)cc2)c2ccc(S(=O)(=O)N3CCC[C@H]3CF)cc21. The molecule has 1 amide bonds. The Balaban J connectivity index is 1.67. The molecule has 0 N–H and O–H groups in total. The summed E-state index contributed by atoms with van der Waals surface area (Å²) < 4.78 is 53.2. The number of ketones is 1. The molecule has 9 heteroatoms. The largest absolute Gasteiger partial charge is 0.300 e. The molecular weight excluding hydrogens is 402 g/mol. The number of rotatable bonds is 5. The Labute approximate surface area is 166 Å². The summed E-state index contributed by atoms with van der Waals surface area (Å²) in [6, 6.07) is 8.74. The number of hydrogen-bond acceptors (Lipinski definition) is 4. The minimum absolute atomic E-state index is 0.00539. The van der Waals surface area contributed by atoms with E-state index in [1.807, 2.05) is 0 Å². The molecule has 2 aliphatic heterocycles. The highest BCUT2D eigenvalue weighted by Gasteiger charge is 2.39. The fraction of sp³-hybridized carbons (Fsp3) is 0.300. The number of amides is 1. The monoisotopic (exact) mass is 420 g/mol. The minimum atomic E-state index is -3.97. The number of carbonyl (C=O) groups excluding carboxylic acids is 2. The molecule has 1 saturated heterocycles. The molecule has 0 spiro atoms. The van der Waals surface area contributed by atoms with E-state index in [0.717, 1.165) is 4.31 Å². The lowest BCUT2D eigenvalue weighted by Gasteiger charge is -2.22. The molecule has 29 heavy (non-hydrogen) atoms. The summed E-state index contributed by atoms with van der Waals surface area (Å²) >= 11 is 0. The first-order valence-electron chi connectivity index (χ1n) is 9.15. The zero-order chi connectivity index (χ0) is 20.8. The average Bonchev–Trinajstić information content (AvgIpc) is 3.29. The number of sulfonamides is 1. The number of halogens is 2.